The number of rotatable bonds is 4. The number of hydrogen-bond donors (Lipinski definition) is 1. The third kappa shape index (κ3) is 3.14. The Balaban J connectivity index is 2.13. The lowest BCUT2D eigenvalue weighted by molar-refractivity contribution is 0.298. The number of aryl methyl sites for hydroxylation is 2. The molecule has 17 heavy (non-hydrogen) atoms. The molecule has 0 radical (unpaired) electrons. The molecule has 0 spiro atoms. The second-order valence-electron chi connectivity index (χ2n) is 4.31. The van der Waals surface area contributed by atoms with Gasteiger partial charge in [-0.2, -0.15) is 0 Å². The normalized spacial score (nSPS) is 10.8. The zero-order chi connectivity index (χ0) is 12.3. The SMILES string of the molecule is Cc1ccc(Cc2nc(CCO)cs2)c(C)c1. The Morgan fingerprint density at radius 1 is 1.29 bits per heavy atom. The fourth-order valence-electron chi connectivity index (χ4n) is 1.87. The van der Waals surface area contributed by atoms with Gasteiger partial charge in [-0.1, -0.05) is 23.8 Å². The molecular weight excluding hydrogens is 230 g/mol. The first-order chi connectivity index (χ1) is 8.19. The molecule has 0 fully saturated rings. The summed E-state index contributed by atoms with van der Waals surface area (Å²) in [5.74, 6) is 0. The van der Waals surface area contributed by atoms with Crippen LogP contribution in [0.2, 0.25) is 0 Å². The molecule has 0 aliphatic rings. The second-order valence-corrected chi connectivity index (χ2v) is 5.26. The van der Waals surface area contributed by atoms with Crippen LogP contribution in [-0.4, -0.2) is 16.7 Å². The number of hydrogen-bond acceptors (Lipinski definition) is 3. The van der Waals surface area contributed by atoms with Gasteiger partial charge in [0.2, 0.25) is 0 Å². The molecule has 1 heterocycles. The van der Waals surface area contributed by atoms with E-state index in [4.69, 9.17) is 5.11 Å². The highest BCUT2D eigenvalue weighted by Crippen LogP contribution is 2.18. The lowest BCUT2D eigenvalue weighted by atomic mass is 10.0. The molecule has 0 saturated heterocycles. The number of aromatic nitrogens is 1. The first-order valence-corrected chi connectivity index (χ1v) is 6.67. The maximum absolute atomic E-state index is 8.86. The molecule has 0 aliphatic carbocycles. The predicted octanol–water partition coefficient (Wildman–Crippen LogP) is 2.89. The number of aliphatic hydroxyl groups is 1. The standard InChI is InChI=1S/C14H17NOS/c1-10-3-4-12(11(2)7-10)8-14-15-13(5-6-16)9-17-14/h3-4,7,9,16H,5-6,8H2,1-2H3. The lowest BCUT2D eigenvalue weighted by Gasteiger charge is -2.04. The van der Waals surface area contributed by atoms with Crippen molar-refractivity contribution in [3.63, 3.8) is 0 Å². The van der Waals surface area contributed by atoms with Crippen LogP contribution in [0.4, 0.5) is 0 Å². The highest BCUT2D eigenvalue weighted by atomic mass is 32.1. The Kier molecular flexibility index (Phi) is 3.92. The van der Waals surface area contributed by atoms with Crippen molar-refractivity contribution in [1.82, 2.24) is 4.98 Å². The minimum Gasteiger partial charge on any atom is -0.396 e. The van der Waals surface area contributed by atoms with Crippen LogP contribution in [0.15, 0.2) is 23.6 Å². The number of aliphatic hydroxyl groups excluding tert-OH is 1. The summed E-state index contributed by atoms with van der Waals surface area (Å²) in [7, 11) is 0. The lowest BCUT2D eigenvalue weighted by Crippen LogP contribution is -1.94. The minimum absolute atomic E-state index is 0.173. The van der Waals surface area contributed by atoms with E-state index >= 15 is 0 Å². The van der Waals surface area contributed by atoms with E-state index in [1.807, 2.05) is 5.38 Å². The van der Waals surface area contributed by atoms with Gasteiger partial charge in [0.1, 0.15) is 0 Å². The fourth-order valence-corrected chi connectivity index (χ4v) is 2.72. The molecular formula is C14H17NOS. The summed E-state index contributed by atoms with van der Waals surface area (Å²) in [6.07, 6.45) is 1.55. The number of thiazole rings is 1. The van der Waals surface area contributed by atoms with Crippen molar-refractivity contribution in [2.45, 2.75) is 26.7 Å². The first-order valence-electron chi connectivity index (χ1n) is 5.79. The average molecular weight is 247 g/mol. The molecule has 0 aliphatic heterocycles. The van der Waals surface area contributed by atoms with E-state index in [0.29, 0.717) is 6.42 Å². The van der Waals surface area contributed by atoms with Crippen LogP contribution >= 0.6 is 11.3 Å². The van der Waals surface area contributed by atoms with E-state index in [2.05, 4.69) is 37.0 Å². The third-order valence-electron chi connectivity index (χ3n) is 2.81. The molecule has 3 heteroatoms. The molecule has 2 aromatic rings. The van der Waals surface area contributed by atoms with Gasteiger partial charge in [0.05, 0.1) is 10.7 Å². The van der Waals surface area contributed by atoms with Crippen molar-refractivity contribution in [2.24, 2.45) is 0 Å². The summed E-state index contributed by atoms with van der Waals surface area (Å²) >= 11 is 1.68. The summed E-state index contributed by atoms with van der Waals surface area (Å²) in [6.45, 7) is 4.43. The van der Waals surface area contributed by atoms with Gasteiger partial charge in [-0.15, -0.1) is 11.3 Å². The Labute approximate surface area is 106 Å². The Hall–Kier alpha value is -1.19. The maximum atomic E-state index is 8.86. The molecule has 2 rings (SSSR count). The van der Waals surface area contributed by atoms with Gasteiger partial charge in [0.15, 0.2) is 0 Å². The van der Waals surface area contributed by atoms with Gasteiger partial charge in [-0.3, -0.25) is 0 Å². The van der Waals surface area contributed by atoms with Crippen LogP contribution in [0, 0.1) is 13.8 Å². The summed E-state index contributed by atoms with van der Waals surface area (Å²) < 4.78 is 0. The topological polar surface area (TPSA) is 33.1 Å². The summed E-state index contributed by atoms with van der Waals surface area (Å²) in [6, 6.07) is 6.53. The monoisotopic (exact) mass is 247 g/mol. The van der Waals surface area contributed by atoms with Gasteiger partial charge in [-0.05, 0) is 25.0 Å². The van der Waals surface area contributed by atoms with Gasteiger partial charge >= 0.3 is 0 Å². The fraction of sp³-hybridized carbons (Fsp3) is 0.357. The minimum atomic E-state index is 0.173. The largest absolute Gasteiger partial charge is 0.396 e. The zero-order valence-electron chi connectivity index (χ0n) is 10.2. The molecule has 0 atom stereocenters. The average Bonchev–Trinajstić information content (AvgIpc) is 2.71. The van der Waals surface area contributed by atoms with Crippen molar-refractivity contribution in [2.75, 3.05) is 6.61 Å². The molecule has 1 aromatic carbocycles. The van der Waals surface area contributed by atoms with Crippen LogP contribution < -0.4 is 0 Å². The van der Waals surface area contributed by atoms with Crippen molar-refractivity contribution in [1.29, 1.82) is 0 Å². The van der Waals surface area contributed by atoms with Crippen LogP contribution in [-0.2, 0) is 12.8 Å². The molecule has 0 unspecified atom stereocenters. The van der Waals surface area contributed by atoms with Crippen LogP contribution in [0.1, 0.15) is 27.4 Å². The van der Waals surface area contributed by atoms with Crippen molar-refractivity contribution in [3.05, 3.63) is 51.0 Å². The van der Waals surface area contributed by atoms with E-state index in [1.165, 1.54) is 16.7 Å². The Morgan fingerprint density at radius 3 is 2.82 bits per heavy atom. The zero-order valence-corrected chi connectivity index (χ0v) is 11.0. The van der Waals surface area contributed by atoms with Crippen molar-refractivity contribution < 1.29 is 5.11 Å². The molecule has 1 N–H and O–H groups in total. The van der Waals surface area contributed by atoms with Crippen LogP contribution in [0.3, 0.4) is 0 Å². The van der Waals surface area contributed by atoms with Crippen LogP contribution in [0.5, 0.6) is 0 Å². The van der Waals surface area contributed by atoms with E-state index in [-0.39, 0.29) is 6.61 Å². The third-order valence-corrected chi connectivity index (χ3v) is 3.70. The number of nitrogens with zero attached hydrogens (tertiary/aromatic N) is 1. The highest BCUT2D eigenvalue weighted by molar-refractivity contribution is 7.09. The number of benzene rings is 1. The first kappa shape index (κ1) is 12.3. The van der Waals surface area contributed by atoms with E-state index in [1.54, 1.807) is 11.3 Å². The predicted molar refractivity (Wildman–Crippen MR) is 71.6 cm³/mol. The molecule has 90 valence electrons. The smallest absolute Gasteiger partial charge is 0.0972 e. The highest BCUT2D eigenvalue weighted by Gasteiger charge is 2.05. The van der Waals surface area contributed by atoms with E-state index in [9.17, 15) is 0 Å². The van der Waals surface area contributed by atoms with Crippen molar-refractivity contribution >= 4 is 11.3 Å². The van der Waals surface area contributed by atoms with Crippen LogP contribution in [0.25, 0.3) is 0 Å². The molecule has 2 nitrogen and oxygen atoms in total. The Morgan fingerprint density at radius 2 is 2.12 bits per heavy atom. The van der Waals surface area contributed by atoms with Crippen molar-refractivity contribution in [3.8, 4) is 0 Å². The van der Waals surface area contributed by atoms with Gasteiger partial charge in [0, 0.05) is 24.8 Å². The van der Waals surface area contributed by atoms with Gasteiger partial charge in [-0.25, -0.2) is 4.98 Å². The quantitative estimate of drug-likeness (QED) is 0.901. The molecule has 0 amide bonds. The van der Waals surface area contributed by atoms with E-state index in [0.717, 1.165) is 17.1 Å². The summed E-state index contributed by atoms with van der Waals surface area (Å²) in [5.41, 5.74) is 4.95. The summed E-state index contributed by atoms with van der Waals surface area (Å²) in [5, 5.41) is 12.0. The maximum Gasteiger partial charge on any atom is 0.0972 e. The van der Waals surface area contributed by atoms with Gasteiger partial charge in [0.25, 0.3) is 0 Å². The Bertz CT molecular complexity index is 505. The molecule has 1 aromatic heterocycles. The summed E-state index contributed by atoms with van der Waals surface area (Å²) in [4.78, 5) is 4.52. The van der Waals surface area contributed by atoms with E-state index < -0.39 is 0 Å². The second kappa shape index (κ2) is 5.43. The molecule has 0 saturated carbocycles. The van der Waals surface area contributed by atoms with Gasteiger partial charge < -0.3 is 5.11 Å². The molecule has 0 bridgehead atoms.